The van der Waals surface area contributed by atoms with Crippen LogP contribution in [-0.4, -0.2) is 67.8 Å². The number of nitrogens with one attached hydrogen (secondary N) is 2. The van der Waals surface area contributed by atoms with E-state index in [1.165, 1.54) is 10.2 Å². The molecule has 194 valence electrons. The van der Waals surface area contributed by atoms with Crippen molar-refractivity contribution < 1.29 is 46.2 Å². The van der Waals surface area contributed by atoms with Gasteiger partial charge in [0, 0.05) is 19.2 Å². The van der Waals surface area contributed by atoms with Gasteiger partial charge in [0.25, 0.3) is 17.7 Å². The second kappa shape index (κ2) is 10.6. The molecule has 1 aliphatic heterocycles. The molecule has 1 unspecified atom stereocenters. The third-order valence-corrected chi connectivity index (χ3v) is 5.49. The zero-order chi connectivity index (χ0) is 26.7. The Hall–Kier alpha value is -3.58. The van der Waals surface area contributed by atoms with E-state index in [0.717, 1.165) is 7.11 Å². The topological polar surface area (TPSA) is 108 Å². The molecule has 36 heavy (non-hydrogen) atoms. The van der Waals surface area contributed by atoms with Crippen LogP contribution in [0.2, 0.25) is 0 Å². The standard InChI is InChI=1S/C23H22F5N3O5/c1-36-18(19(33)29-12-22(24,25)23(26,27)28)20(34)30-17-15-8-3-2-6-13(15)14-7-4-5-9-16(14)31(10-11-32)21(17)35/h2-9,17-18,32H,10-12H2,1H3,(H,29,33)(H,30,34)/t17?,18-/m0/s1. The van der Waals surface area contributed by atoms with Gasteiger partial charge in [-0.2, -0.15) is 22.0 Å². The molecule has 13 heteroatoms. The summed E-state index contributed by atoms with van der Waals surface area (Å²) in [5.41, 5.74) is 1.98. The highest BCUT2D eigenvalue weighted by atomic mass is 19.4. The second-order valence-electron chi connectivity index (χ2n) is 7.80. The Kier molecular flexibility index (Phi) is 7.94. The Morgan fingerprint density at radius 3 is 2.25 bits per heavy atom. The molecule has 0 aliphatic carbocycles. The normalized spacial score (nSPS) is 16.5. The predicted molar refractivity (Wildman–Crippen MR) is 117 cm³/mol. The van der Waals surface area contributed by atoms with Gasteiger partial charge < -0.3 is 25.4 Å². The lowest BCUT2D eigenvalue weighted by Crippen LogP contribution is -2.53. The maximum Gasteiger partial charge on any atom is 0.455 e. The first kappa shape index (κ1) is 27.0. The molecule has 3 rings (SSSR count). The Bertz CT molecular complexity index is 1140. The zero-order valence-corrected chi connectivity index (χ0v) is 18.8. The molecule has 0 radical (unpaired) electrons. The van der Waals surface area contributed by atoms with E-state index in [0.29, 0.717) is 22.4 Å². The van der Waals surface area contributed by atoms with Gasteiger partial charge in [0.2, 0.25) is 6.10 Å². The van der Waals surface area contributed by atoms with Gasteiger partial charge in [-0.05, 0) is 17.2 Å². The van der Waals surface area contributed by atoms with Crippen molar-refractivity contribution in [3.63, 3.8) is 0 Å². The summed E-state index contributed by atoms with van der Waals surface area (Å²) in [6.07, 6.45) is -8.04. The predicted octanol–water partition coefficient (Wildman–Crippen LogP) is 2.18. The number of carbonyl (C=O) groups excluding carboxylic acids is 3. The van der Waals surface area contributed by atoms with Crippen molar-refractivity contribution in [2.75, 3.05) is 31.7 Å². The fourth-order valence-corrected chi connectivity index (χ4v) is 3.75. The second-order valence-corrected chi connectivity index (χ2v) is 7.80. The molecular formula is C23H22F5N3O5. The number of amides is 3. The highest BCUT2D eigenvalue weighted by Crippen LogP contribution is 2.40. The van der Waals surface area contributed by atoms with E-state index in [4.69, 9.17) is 4.74 Å². The van der Waals surface area contributed by atoms with Gasteiger partial charge in [0.15, 0.2) is 0 Å². The number of aliphatic hydroxyl groups is 1. The fraction of sp³-hybridized carbons (Fsp3) is 0.348. The summed E-state index contributed by atoms with van der Waals surface area (Å²) in [6, 6.07) is 12.0. The van der Waals surface area contributed by atoms with Gasteiger partial charge in [-0.3, -0.25) is 14.4 Å². The highest BCUT2D eigenvalue weighted by molar-refractivity contribution is 6.09. The maximum absolute atomic E-state index is 13.5. The van der Waals surface area contributed by atoms with Gasteiger partial charge in [0.05, 0.1) is 18.8 Å². The summed E-state index contributed by atoms with van der Waals surface area (Å²) >= 11 is 0. The third kappa shape index (κ3) is 5.31. The first-order chi connectivity index (χ1) is 16.9. The summed E-state index contributed by atoms with van der Waals surface area (Å²) in [4.78, 5) is 39.9. The number of alkyl halides is 5. The molecule has 2 atom stereocenters. The first-order valence-electron chi connectivity index (χ1n) is 10.6. The number of aliphatic hydroxyl groups excluding tert-OH is 1. The van der Waals surface area contributed by atoms with Crippen molar-refractivity contribution >= 4 is 23.4 Å². The minimum atomic E-state index is -5.91. The van der Waals surface area contributed by atoms with Crippen LogP contribution in [0.1, 0.15) is 11.6 Å². The third-order valence-electron chi connectivity index (χ3n) is 5.49. The van der Waals surface area contributed by atoms with Crippen LogP contribution in [-0.2, 0) is 19.1 Å². The van der Waals surface area contributed by atoms with Crippen molar-refractivity contribution in [3.05, 3.63) is 54.1 Å². The number of nitrogens with zero attached hydrogens (tertiary/aromatic N) is 1. The van der Waals surface area contributed by atoms with Crippen molar-refractivity contribution in [2.24, 2.45) is 0 Å². The number of methoxy groups -OCH3 is 1. The van der Waals surface area contributed by atoms with E-state index >= 15 is 0 Å². The van der Waals surface area contributed by atoms with Gasteiger partial charge in [-0.1, -0.05) is 42.5 Å². The minimum Gasteiger partial charge on any atom is -0.395 e. The quantitative estimate of drug-likeness (QED) is 0.369. The van der Waals surface area contributed by atoms with E-state index in [2.05, 4.69) is 5.32 Å². The van der Waals surface area contributed by atoms with E-state index in [9.17, 15) is 41.4 Å². The molecule has 0 fully saturated rings. The molecule has 0 saturated heterocycles. The number of hydrogen-bond donors (Lipinski definition) is 3. The van der Waals surface area contributed by atoms with Gasteiger partial charge >= 0.3 is 12.1 Å². The number of halogens is 5. The summed E-state index contributed by atoms with van der Waals surface area (Å²) in [6.45, 7) is -2.64. The summed E-state index contributed by atoms with van der Waals surface area (Å²) < 4.78 is 68.3. The van der Waals surface area contributed by atoms with Crippen LogP contribution in [0, 0.1) is 0 Å². The number of β-amino-alcohol motifs (C(OH)–C–C–N with tert-alkyl or cyclic N) is 1. The van der Waals surface area contributed by atoms with Gasteiger partial charge in [-0.15, -0.1) is 0 Å². The Morgan fingerprint density at radius 1 is 1.03 bits per heavy atom. The summed E-state index contributed by atoms with van der Waals surface area (Å²) in [5.74, 6) is -8.70. The van der Waals surface area contributed by atoms with Crippen molar-refractivity contribution in [2.45, 2.75) is 24.2 Å². The molecule has 3 N–H and O–H groups in total. The molecule has 2 aromatic carbocycles. The van der Waals surface area contributed by atoms with Crippen LogP contribution in [0.3, 0.4) is 0 Å². The average molecular weight is 515 g/mol. The van der Waals surface area contributed by atoms with E-state index in [-0.39, 0.29) is 6.54 Å². The van der Waals surface area contributed by atoms with Crippen LogP contribution < -0.4 is 15.5 Å². The summed E-state index contributed by atoms with van der Waals surface area (Å²) in [5, 5.41) is 13.2. The number of carbonyl (C=O) groups is 3. The lowest BCUT2D eigenvalue weighted by Gasteiger charge is -2.27. The average Bonchev–Trinajstić information content (AvgIpc) is 2.92. The lowest BCUT2D eigenvalue weighted by molar-refractivity contribution is -0.278. The molecule has 0 spiro atoms. The van der Waals surface area contributed by atoms with E-state index < -0.39 is 55.1 Å². The Labute approximate surface area is 202 Å². The molecule has 0 saturated carbocycles. The number of benzene rings is 2. The van der Waals surface area contributed by atoms with Gasteiger partial charge in [-0.25, -0.2) is 0 Å². The van der Waals surface area contributed by atoms with Crippen LogP contribution in [0.15, 0.2) is 48.5 Å². The van der Waals surface area contributed by atoms with Gasteiger partial charge in [0.1, 0.15) is 6.04 Å². The number of ether oxygens (including phenoxy) is 1. The molecule has 0 bridgehead atoms. The number of rotatable bonds is 8. The lowest BCUT2D eigenvalue weighted by atomic mass is 9.95. The van der Waals surface area contributed by atoms with Crippen LogP contribution in [0.25, 0.3) is 11.1 Å². The van der Waals surface area contributed by atoms with Crippen LogP contribution in [0.4, 0.5) is 27.6 Å². The first-order valence-corrected chi connectivity index (χ1v) is 10.6. The molecule has 1 aliphatic rings. The number of anilines is 1. The minimum absolute atomic E-state index is 0.128. The Balaban J connectivity index is 1.90. The maximum atomic E-state index is 13.5. The zero-order valence-electron chi connectivity index (χ0n) is 18.8. The smallest absolute Gasteiger partial charge is 0.395 e. The van der Waals surface area contributed by atoms with Crippen molar-refractivity contribution in [3.8, 4) is 11.1 Å². The number of hydrogen-bond acceptors (Lipinski definition) is 5. The van der Waals surface area contributed by atoms with Crippen LogP contribution in [0.5, 0.6) is 0 Å². The molecular weight excluding hydrogens is 493 g/mol. The van der Waals surface area contributed by atoms with Crippen molar-refractivity contribution in [1.82, 2.24) is 10.6 Å². The molecule has 1 heterocycles. The number of para-hydroxylation sites is 1. The largest absolute Gasteiger partial charge is 0.455 e. The molecule has 8 nitrogen and oxygen atoms in total. The highest BCUT2D eigenvalue weighted by Gasteiger charge is 2.57. The van der Waals surface area contributed by atoms with E-state index in [1.54, 1.807) is 48.5 Å². The molecule has 0 aromatic heterocycles. The summed E-state index contributed by atoms with van der Waals surface area (Å²) in [7, 11) is 0.877. The monoisotopic (exact) mass is 515 g/mol. The van der Waals surface area contributed by atoms with E-state index in [1.807, 2.05) is 0 Å². The van der Waals surface area contributed by atoms with Crippen LogP contribution >= 0.6 is 0 Å². The number of fused-ring (bicyclic) bond motifs is 3. The van der Waals surface area contributed by atoms with Crippen molar-refractivity contribution in [1.29, 1.82) is 0 Å². The molecule has 2 aromatic rings. The fourth-order valence-electron chi connectivity index (χ4n) is 3.75. The SMILES string of the molecule is CO[C@@H](C(=O)NCC(F)(F)C(F)(F)F)C(=O)NC1C(=O)N(CCO)c2ccccc2-c2ccccc21. The molecule has 3 amide bonds. The Morgan fingerprint density at radius 2 is 1.64 bits per heavy atom.